The SMILES string of the molecule is COc1ccc(C2(N)CCCC2)cc1OC1CCSC1. The summed E-state index contributed by atoms with van der Waals surface area (Å²) in [5, 5.41) is 0. The number of hydrogen-bond donors (Lipinski definition) is 1. The molecule has 1 saturated heterocycles. The number of benzene rings is 1. The molecular weight excluding hydrogens is 270 g/mol. The van der Waals surface area contributed by atoms with Crippen LogP contribution < -0.4 is 15.2 Å². The number of nitrogens with two attached hydrogens (primary N) is 1. The minimum atomic E-state index is -0.172. The minimum Gasteiger partial charge on any atom is -0.493 e. The Morgan fingerprint density at radius 1 is 1.25 bits per heavy atom. The summed E-state index contributed by atoms with van der Waals surface area (Å²) in [5.74, 6) is 3.93. The lowest BCUT2D eigenvalue weighted by molar-refractivity contribution is 0.218. The Morgan fingerprint density at radius 3 is 2.70 bits per heavy atom. The van der Waals surface area contributed by atoms with Gasteiger partial charge in [-0.1, -0.05) is 18.9 Å². The molecule has 1 aromatic rings. The van der Waals surface area contributed by atoms with Gasteiger partial charge in [0.25, 0.3) is 0 Å². The van der Waals surface area contributed by atoms with E-state index in [1.54, 1.807) is 7.11 Å². The molecule has 3 rings (SSSR count). The van der Waals surface area contributed by atoms with Crippen LogP contribution in [0.5, 0.6) is 11.5 Å². The van der Waals surface area contributed by atoms with E-state index in [2.05, 4.69) is 12.1 Å². The van der Waals surface area contributed by atoms with E-state index in [1.165, 1.54) is 24.2 Å². The second-order valence-corrected chi connectivity index (χ2v) is 6.98. The number of rotatable bonds is 4. The van der Waals surface area contributed by atoms with E-state index in [0.717, 1.165) is 36.5 Å². The molecule has 110 valence electrons. The summed E-state index contributed by atoms with van der Waals surface area (Å²) in [4.78, 5) is 0. The van der Waals surface area contributed by atoms with Crippen LogP contribution in [0.2, 0.25) is 0 Å². The average molecular weight is 293 g/mol. The summed E-state index contributed by atoms with van der Waals surface area (Å²) in [5.41, 5.74) is 7.57. The predicted molar refractivity (Wildman–Crippen MR) is 83.7 cm³/mol. The van der Waals surface area contributed by atoms with E-state index < -0.39 is 0 Å². The van der Waals surface area contributed by atoms with Crippen molar-refractivity contribution < 1.29 is 9.47 Å². The zero-order chi connectivity index (χ0) is 14.0. The molecule has 20 heavy (non-hydrogen) atoms. The van der Waals surface area contributed by atoms with Gasteiger partial charge in [0, 0.05) is 11.3 Å². The van der Waals surface area contributed by atoms with Gasteiger partial charge >= 0.3 is 0 Å². The van der Waals surface area contributed by atoms with Gasteiger partial charge in [0.05, 0.1) is 7.11 Å². The molecule has 0 aromatic heterocycles. The normalized spacial score (nSPS) is 24.8. The van der Waals surface area contributed by atoms with Gasteiger partial charge in [-0.15, -0.1) is 0 Å². The molecule has 1 unspecified atom stereocenters. The van der Waals surface area contributed by atoms with Crippen molar-refractivity contribution in [2.45, 2.75) is 43.7 Å². The van der Waals surface area contributed by atoms with Crippen LogP contribution in [-0.2, 0) is 5.54 Å². The Balaban J connectivity index is 1.85. The predicted octanol–water partition coefficient (Wildman–Crippen LogP) is 3.31. The van der Waals surface area contributed by atoms with Gasteiger partial charge in [-0.2, -0.15) is 11.8 Å². The van der Waals surface area contributed by atoms with Crippen molar-refractivity contribution in [3.05, 3.63) is 23.8 Å². The third kappa shape index (κ3) is 2.77. The molecule has 4 heteroatoms. The van der Waals surface area contributed by atoms with Crippen molar-refractivity contribution >= 4 is 11.8 Å². The summed E-state index contributed by atoms with van der Waals surface area (Å²) in [6.45, 7) is 0. The molecule has 2 N–H and O–H groups in total. The second-order valence-electron chi connectivity index (χ2n) is 5.83. The highest BCUT2D eigenvalue weighted by atomic mass is 32.2. The molecule has 0 spiro atoms. The van der Waals surface area contributed by atoms with Crippen LogP contribution in [-0.4, -0.2) is 24.7 Å². The maximum atomic E-state index is 6.55. The highest BCUT2D eigenvalue weighted by Gasteiger charge is 2.32. The van der Waals surface area contributed by atoms with Gasteiger partial charge in [-0.3, -0.25) is 0 Å². The van der Waals surface area contributed by atoms with Crippen LogP contribution >= 0.6 is 11.8 Å². The number of ether oxygens (including phenoxy) is 2. The maximum Gasteiger partial charge on any atom is 0.161 e. The minimum absolute atomic E-state index is 0.172. The molecule has 1 heterocycles. The maximum absolute atomic E-state index is 6.55. The summed E-state index contributed by atoms with van der Waals surface area (Å²) < 4.78 is 11.6. The van der Waals surface area contributed by atoms with E-state index in [0.29, 0.717) is 6.10 Å². The van der Waals surface area contributed by atoms with Crippen LogP contribution in [0.4, 0.5) is 0 Å². The molecule has 1 saturated carbocycles. The topological polar surface area (TPSA) is 44.5 Å². The van der Waals surface area contributed by atoms with Crippen LogP contribution in [0.3, 0.4) is 0 Å². The lowest BCUT2D eigenvalue weighted by Gasteiger charge is -2.26. The van der Waals surface area contributed by atoms with Gasteiger partial charge in [-0.25, -0.2) is 0 Å². The smallest absolute Gasteiger partial charge is 0.161 e. The third-order valence-electron chi connectivity index (χ3n) is 4.42. The molecule has 1 aliphatic heterocycles. The summed E-state index contributed by atoms with van der Waals surface area (Å²) in [6.07, 6.45) is 6.00. The zero-order valence-corrected chi connectivity index (χ0v) is 12.9. The third-order valence-corrected chi connectivity index (χ3v) is 5.55. The summed E-state index contributed by atoms with van der Waals surface area (Å²) in [7, 11) is 1.69. The van der Waals surface area contributed by atoms with Crippen molar-refractivity contribution in [1.29, 1.82) is 0 Å². The van der Waals surface area contributed by atoms with E-state index in [4.69, 9.17) is 15.2 Å². The molecule has 3 nitrogen and oxygen atoms in total. The fourth-order valence-electron chi connectivity index (χ4n) is 3.16. The molecule has 1 atom stereocenters. The largest absolute Gasteiger partial charge is 0.493 e. The lowest BCUT2D eigenvalue weighted by Crippen LogP contribution is -2.33. The van der Waals surface area contributed by atoms with Crippen molar-refractivity contribution in [3.8, 4) is 11.5 Å². The Hall–Kier alpha value is -0.870. The molecule has 0 bridgehead atoms. The molecule has 1 aromatic carbocycles. The number of thioether (sulfide) groups is 1. The van der Waals surface area contributed by atoms with E-state index in [-0.39, 0.29) is 5.54 Å². The Labute approximate surface area is 125 Å². The number of methoxy groups -OCH3 is 1. The Morgan fingerprint density at radius 2 is 2.05 bits per heavy atom. The highest BCUT2D eigenvalue weighted by Crippen LogP contribution is 2.40. The van der Waals surface area contributed by atoms with Gasteiger partial charge in [0.1, 0.15) is 6.10 Å². The molecule has 1 aliphatic carbocycles. The van der Waals surface area contributed by atoms with Gasteiger partial charge < -0.3 is 15.2 Å². The average Bonchev–Trinajstić information content (AvgIpc) is 3.11. The van der Waals surface area contributed by atoms with Crippen LogP contribution in [0.1, 0.15) is 37.7 Å². The first-order valence-corrected chi connectivity index (χ1v) is 8.58. The summed E-state index contributed by atoms with van der Waals surface area (Å²) in [6, 6.07) is 6.20. The van der Waals surface area contributed by atoms with Crippen molar-refractivity contribution in [3.63, 3.8) is 0 Å². The number of hydrogen-bond acceptors (Lipinski definition) is 4. The van der Waals surface area contributed by atoms with E-state index in [1.807, 2.05) is 17.8 Å². The summed E-state index contributed by atoms with van der Waals surface area (Å²) >= 11 is 1.95. The van der Waals surface area contributed by atoms with E-state index >= 15 is 0 Å². The van der Waals surface area contributed by atoms with Crippen LogP contribution in [0.25, 0.3) is 0 Å². The molecule has 2 aliphatic rings. The lowest BCUT2D eigenvalue weighted by atomic mass is 9.89. The standard InChI is InChI=1S/C16H23NO2S/c1-18-14-5-4-12(16(17)7-2-3-8-16)10-15(14)19-13-6-9-20-11-13/h4-5,10,13H,2-3,6-9,11,17H2,1H3. The Kier molecular flexibility index (Phi) is 4.13. The van der Waals surface area contributed by atoms with Gasteiger partial charge in [0.2, 0.25) is 0 Å². The molecule has 2 fully saturated rings. The molecule has 0 radical (unpaired) electrons. The second kappa shape index (κ2) is 5.86. The van der Waals surface area contributed by atoms with Crippen molar-refractivity contribution in [1.82, 2.24) is 0 Å². The Bertz CT molecular complexity index is 466. The fourth-order valence-corrected chi connectivity index (χ4v) is 4.25. The molecular formula is C16H23NO2S. The highest BCUT2D eigenvalue weighted by molar-refractivity contribution is 7.99. The monoisotopic (exact) mass is 293 g/mol. The van der Waals surface area contributed by atoms with E-state index in [9.17, 15) is 0 Å². The zero-order valence-electron chi connectivity index (χ0n) is 12.1. The first-order valence-electron chi connectivity index (χ1n) is 7.43. The quantitative estimate of drug-likeness (QED) is 0.925. The van der Waals surface area contributed by atoms with Crippen LogP contribution in [0, 0.1) is 0 Å². The molecule has 0 amide bonds. The first kappa shape index (κ1) is 14.1. The van der Waals surface area contributed by atoms with Gasteiger partial charge in [0.15, 0.2) is 11.5 Å². The van der Waals surface area contributed by atoms with Crippen molar-refractivity contribution in [2.75, 3.05) is 18.6 Å². The van der Waals surface area contributed by atoms with Crippen LogP contribution in [0.15, 0.2) is 18.2 Å². The first-order chi connectivity index (χ1) is 9.71. The van der Waals surface area contributed by atoms with Gasteiger partial charge in [-0.05, 0) is 42.7 Å². The van der Waals surface area contributed by atoms with Crippen molar-refractivity contribution in [2.24, 2.45) is 5.73 Å². The fraction of sp³-hybridized carbons (Fsp3) is 0.625.